The van der Waals surface area contributed by atoms with Gasteiger partial charge < -0.3 is 11.1 Å². The number of anilines is 2. The molecule has 0 saturated heterocycles. The number of hydrogen-bond acceptors (Lipinski definition) is 5. The number of thiophene rings is 1. The Morgan fingerprint density at radius 1 is 1.42 bits per heavy atom. The highest BCUT2D eigenvalue weighted by atomic mass is 32.1. The highest BCUT2D eigenvalue weighted by Gasteiger charge is 2.23. The Morgan fingerprint density at radius 2 is 2.11 bits per heavy atom. The third-order valence-electron chi connectivity index (χ3n) is 2.65. The fourth-order valence-electron chi connectivity index (χ4n) is 1.80. The van der Waals surface area contributed by atoms with E-state index in [0.717, 1.165) is 0 Å². The highest BCUT2D eigenvalue weighted by Crippen LogP contribution is 2.36. The lowest BCUT2D eigenvalue weighted by atomic mass is 10.0. The molecule has 2 aromatic rings. The summed E-state index contributed by atoms with van der Waals surface area (Å²) in [6.45, 7) is 2.60. The normalized spacial score (nSPS) is 9.89. The van der Waals surface area contributed by atoms with Crippen molar-refractivity contribution >= 4 is 27.1 Å². The van der Waals surface area contributed by atoms with Crippen LogP contribution in [-0.4, -0.2) is 12.3 Å². The molecule has 0 atom stereocenters. The minimum absolute atomic E-state index is 0.213. The van der Waals surface area contributed by atoms with E-state index in [4.69, 9.17) is 5.73 Å². The van der Waals surface area contributed by atoms with Crippen molar-refractivity contribution in [1.29, 1.82) is 5.26 Å². The number of nitrogens with two attached hydrogens (primary N) is 1. The van der Waals surface area contributed by atoms with Crippen LogP contribution in [0.25, 0.3) is 0 Å². The van der Waals surface area contributed by atoms with Crippen molar-refractivity contribution in [3.8, 4) is 6.07 Å². The first kappa shape index (κ1) is 13.1. The monoisotopic (exact) mass is 271 g/mol. The van der Waals surface area contributed by atoms with Crippen LogP contribution >= 0.6 is 11.3 Å². The van der Waals surface area contributed by atoms with Gasteiger partial charge in [0.2, 0.25) is 0 Å². The summed E-state index contributed by atoms with van der Waals surface area (Å²) in [6.07, 6.45) is 0. The summed E-state index contributed by atoms with van der Waals surface area (Å²) >= 11 is 1.24. The van der Waals surface area contributed by atoms with Gasteiger partial charge in [-0.1, -0.05) is 41.7 Å². The van der Waals surface area contributed by atoms with E-state index < -0.39 is 0 Å². The van der Waals surface area contributed by atoms with Crippen LogP contribution in [0.1, 0.15) is 28.4 Å². The number of ketones is 1. The number of benzene rings is 1. The van der Waals surface area contributed by atoms with Crippen LogP contribution < -0.4 is 11.1 Å². The second-order valence-corrected chi connectivity index (χ2v) is 4.93. The topological polar surface area (TPSA) is 78.9 Å². The van der Waals surface area contributed by atoms with Crippen molar-refractivity contribution in [3.05, 3.63) is 47.0 Å². The molecule has 0 aliphatic rings. The van der Waals surface area contributed by atoms with E-state index in [2.05, 4.69) is 11.4 Å². The predicted molar refractivity (Wildman–Crippen MR) is 77.5 cm³/mol. The molecule has 0 saturated carbocycles. The van der Waals surface area contributed by atoms with Gasteiger partial charge in [-0.3, -0.25) is 4.79 Å². The van der Waals surface area contributed by atoms with Crippen molar-refractivity contribution in [2.75, 3.05) is 17.6 Å². The lowest BCUT2D eigenvalue weighted by molar-refractivity contribution is 0.103. The zero-order chi connectivity index (χ0) is 13.8. The maximum atomic E-state index is 12.4. The molecule has 1 aromatic carbocycles. The minimum atomic E-state index is -0.213. The van der Waals surface area contributed by atoms with E-state index in [9.17, 15) is 10.1 Å². The number of nitriles is 1. The number of hydrogen-bond donors (Lipinski definition) is 2. The van der Waals surface area contributed by atoms with E-state index >= 15 is 0 Å². The van der Waals surface area contributed by atoms with Crippen LogP contribution in [0, 0.1) is 11.3 Å². The summed E-state index contributed by atoms with van der Waals surface area (Å²) in [5.74, 6) is -0.213. The molecule has 2 rings (SSSR count). The van der Waals surface area contributed by atoms with E-state index in [1.807, 2.05) is 13.0 Å². The van der Waals surface area contributed by atoms with Crippen LogP contribution in [0.15, 0.2) is 30.3 Å². The van der Waals surface area contributed by atoms with Crippen molar-refractivity contribution in [3.63, 3.8) is 0 Å². The summed E-state index contributed by atoms with van der Waals surface area (Å²) < 4.78 is 0. The van der Waals surface area contributed by atoms with Crippen LogP contribution in [0.3, 0.4) is 0 Å². The van der Waals surface area contributed by atoms with Gasteiger partial charge in [-0.25, -0.2) is 0 Å². The molecule has 0 amide bonds. The molecule has 1 aromatic heterocycles. The smallest absolute Gasteiger partial charge is 0.197 e. The highest BCUT2D eigenvalue weighted by molar-refractivity contribution is 7.20. The lowest BCUT2D eigenvalue weighted by Crippen LogP contribution is -2.05. The Balaban J connectivity index is 2.51. The van der Waals surface area contributed by atoms with E-state index in [1.54, 1.807) is 24.3 Å². The molecule has 0 radical (unpaired) electrons. The van der Waals surface area contributed by atoms with E-state index in [0.29, 0.717) is 33.2 Å². The van der Waals surface area contributed by atoms with Crippen molar-refractivity contribution < 1.29 is 4.79 Å². The van der Waals surface area contributed by atoms with Crippen LogP contribution in [0.5, 0.6) is 0 Å². The zero-order valence-corrected chi connectivity index (χ0v) is 11.3. The van der Waals surface area contributed by atoms with Gasteiger partial charge in [-0.15, -0.1) is 0 Å². The van der Waals surface area contributed by atoms with Crippen molar-refractivity contribution in [2.45, 2.75) is 6.92 Å². The molecular weight excluding hydrogens is 258 g/mol. The molecule has 1 heterocycles. The second-order valence-electron chi connectivity index (χ2n) is 3.88. The molecule has 19 heavy (non-hydrogen) atoms. The number of carbonyl (C=O) groups is 1. The largest absolute Gasteiger partial charge is 0.390 e. The van der Waals surface area contributed by atoms with Gasteiger partial charge in [0, 0.05) is 12.1 Å². The van der Waals surface area contributed by atoms with Gasteiger partial charge in [0.1, 0.15) is 16.1 Å². The SMILES string of the molecule is CCNc1sc(N)c(C(=O)c2ccccc2)c1C#N. The summed E-state index contributed by atoms with van der Waals surface area (Å²) in [7, 11) is 0. The molecule has 4 nitrogen and oxygen atoms in total. The first-order valence-corrected chi connectivity index (χ1v) is 6.66. The van der Waals surface area contributed by atoms with Gasteiger partial charge in [-0.05, 0) is 6.92 Å². The van der Waals surface area contributed by atoms with Crippen LogP contribution in [0.4, 0.5) is 10.0 Å². The molecule has 0 bridgehead atoms. The minimum Gasteiger partial charge on any atom is -0.390 e. The first-order chi connectivity index (χ1) is 9.19. The molecule has 5 heteroatoms. The fourth-order valence-corrected chi connectivity index (χ4v) is 2.78. The van der Waals surface area contributed by atoms with Gasteiger partial charge >= 0.3 is 0 Å². The quantitative estimate of drug-likeness (QED) is 0.838. The maximum absolute atomic E-state index is 12.4. The van der Waals surface area contributed by atoms with E-state index in [1.165, 1.54) is 11.3 Å². The Labute approximate surface area is 115 Å². The molecule has 0 spiro atoms. The van der Waals surface area contributed by atoms with Crippen LogP contribution in [0.2, 0.25) is 0 Å². The molecule has 3 N–H and O–H groups in total. The molecule has 0 unspecified atom stereocenters. The molecule has 0 aliphatic heterocycles. The zero-order valence-electron chi connectivity index (χ0n) is 10.4. The Kier molecular flexibility index (Phi) is 3.83. The third kappa shape index (κ3) is 2.44. The lowest BCUT2D eigenvalue weighted by Gasteiger charge is -2.01. The van der Waals surface area contributed by atoms with Gasteiger partial charge in [0.25, 0.3) is 0 Å². The standard InChI is InChI=1S/C14H13N3OS/c1-2-17-14-10(8-15)11(13(16)19-14)12(18)9-6-4-3-5-7-9/h3-7,17H,2,16H2,1H3. The number of nitrogens with zero attached hydrogens (tertiary/aromatic N) is 1. The number of nitrogens with one attached hydrogen (secondary N) is 1. The average molecular weight is 271 g/mol. The van der Waals surface area contributed by atoms with Crippen molar-refractivity contribution in [1.82, 2.24) is 0 Å². The third-order valence-corrected chi connectivity index (χ3v) is 3.62. The summed E-state index contributed by atoms with van der Waals surface area (Å²) in [6, 6.07) is 10.9. The summed E-state index contributed by atoms with van der Waals surface area (Å²) in [4.78, 5) is 12.4. The Hall–Kier alpha value is -2.32. The summed E-state index contributed by atoms with van der Waals surface area (Å²) in [5, 5.41) is 13.3. The molecule has 0 fully saturated rings. The number of nitrogen functional groups attached to an aromatic ring is 1. The Morgan fingerprint density at radius 3 is 2.68 bits per heavy atom. The summed E-state index contributed by atoms with van der Waals surface area (Å²) in [5.41, 5.74) is 7.06. The van der Waals surface area contributed by atoms with Gasteiger partial charge in [0.15, 0.2) is 5.78 Å². The molecular formula is C14H13N3OS. The predicted octanol–water partition coefficient (Wildman–Crippen LogP) is 2.86. The first-order valence-electron chi connectivity index (χ1n) is 5.85. The van der Waals surface area contributed by atoms with Crippen LogP contribution in [-0.2, 0) is 0 Å². The maximum Gasteiger partial charge on any atom is 0.197 e. The van der Waals surface area contributed by atoms with Crippen molar-refractivity contribution in [2.24, 2.45) is 0 Å². The number of rotatable bonds is 4. The molecule has 96 valence electrons. The van der Waals surface area contributed by atoms with E-state index in [-0.39, 0.29) is 5.78 Å². The Bertz CT molecular complexity index is 641. The van der Waals surface area contributed by atoms with Gasteiger partial charge in [0.05, 0.1) is 11.1 Å². The fraction of sp³-hybridized carbons (Fsp3) is 0.143. The van der Waals surface area contributed by atoms with Gasteiger partial charge in [-0.2, -0.15) is 5.26 Å². The average Bonchev–Trinajstić information content (AvgIpc) is 2.75. The number of carbonyl (C=O) groups excluding carboxylic acids is 1. The molecule has 0 aliphatic carbocycles. The second kappa shape index (κ2) is 5.55.